The van der Waals surface area contributed by atoms with E-state index in [0.29, 0.717) is 10.8 Å². The zero-order valence-electron chi connectivity index (χ0n) is 10.7. The molecule has 1 aliphatic heterocycles. The summed E-state index contributed by atoms with van der Waals surface area (Å²) in [5.74, 6) is 1.64. The Morgan fingerprint density at radius 3 is 2.20 bits per heavy atom. The van der Waals surface area contributed by atoms with E-state index >= 15 is 0 Å². The minimum atomic E-state index is 0.536. The van der Waals surface area contributed by atoms with E-state index in [1.807, 2.05) is 0 Å². The Morgan fingerprint density at radius 2 is 1.80 bits per heavy atom. The van der Waals surface area contributed by atoms with Crippen LogP contribution in [0.25, 0.3) is 0 Å². The second-order valence-electron chi connectivity index (χ2n) is 6.65. The van der Waals surface area contributed by atoms with Crippen LogP contribution in [-0.4, -0.2) is 31.1 Å². The van der Waals surface area contributed by atoms with Crippen molar-refractivity contribution >= 4 is 0 Å². The lowest BCUT2D eigenvalue weighted by Crippen LogP contribution is -2.26. The second-order valence-corrected chi connectivity index (χ2v) is 6.65. The molecule has 1 unspecified atom stereocenters. The maximum absolute atomic E-state index is 5.72. The zero-order valence-corrected chi connectivity index (χ0v) is 10.7. The number of nitrogens with two attached hydrogens (primary N) is 1. The summed E-state index contributed by atoms with van der Waals surface area (Å²) in [5, 5.41) is 0. The molecule has 1 saturated carbocycles. The monoisotopic (exact) mass is 210 g/mol. The Hall–Kier alpha value is -0.0800. The molecule has 0 aromatic heterocycles. The topological polar surface area (TPSA) is 29.3 Å². The minimum Gasteiger partial charge on any atom is -0.330 e. The van der Waals surface area contributed by atoms with Crippen molar-refractivity contribution in [3.05, 3.63) is 0 Å². The van der Waals surface area contributed by atoms with Crippen LogP contribution < -0.4 is 5.73 Å². The minimum absolute atomic E-state index is 0.536. The summed E-state index contributed by atoms with van der Waals surface area (Å²) in [4.78, 5) is 2.62. The van der Waals surface area contributed by atoms with Crippen molar-refractivity contribution in [2.24, 2.45) is 28.4 Å². The molecule has 1 saturated heterocycles. The standard InChI is InChI=1S/C13H26N2/c1-12(2)11(13(12,3)4)9-15-6-5-10(7-14)8-15/h10-11H,5-9,14H2,1-4H3. The van der Waals surface area contributed by atoms with Gasteiger partial charge < -0.3 is 10.6 Å². The van der Waals surface area contributed by atoms with Crippen molar-refractivity contribution in [2.45, 2.75) is 34.1 Å². The van der Waals surface area contributed by atoms with E-state index in [9.17, 15) is 0 Å². The Morgan fingerprint density at radius 1 is 1.20 bits per heavy atom. The number of rotatable bonds is 3. The van der Waals surface area contributed by atoms with Gasteiger partial charge in [0.25, 0.3) is 0 Å². The third kappa shape index (κ3) is 1.72. The molecular formula is C13H26N2. The predicted molar refractivity (Wildman–Crippen MR) is 64.7 cm³/mol. The molecule has 2 fully saturated rings. The van der Waals surface area contributed by atoms with Crippen LogP contribution in [0.3, 0.4) is 0 Å². The fourth-order valence-corrected chi connectivity index (χ4v) is 3.32. The van der Waals surface area contributed by atoms with E-state index < -0.39 is 0 Å². The highest BCUT2D eigenvalue weighted by Gasteiger charge is 2.64. The molecule has 2 N–H and O–H groups in total. The molecule has 1 aliphatic carbocycles. The SMILES string of the molecule is CC1(C)C(CN2CCC(CN)C2)C1(C)C. The Kier molecular flexibility index (Phi) is 2.63. The Bertz CT molecular complexity index is 231. The normalized spacial score (nSPS) is 34.6. The summed E-state index contributed by atoms with van der Waals surface area (Å²) in [6.45, 7) is 14.3. The molecular weight excluding hydrogens is 184 g/mol. The highest BCUT2D eigenvalue weighted by Crippen LogP contribution is 2.68. The van der Waals surface area contributed by atoms with Gasteiger partial charge in [-0.2, -0.15) is 0 Å². The lowest BCUT2D eigenvalue weighted by atomic mass is 10.0. The Labute approximate surface area is 94.2 Å². The largest absolute Gasteiger partial charge is 0.330 e. The van der Waals surface area contributed by atoms with Gasteiger partial charge in [0.1, 0.15) is 0 Å². The lowest BCUT2D eigenvalue weighted by molar-refractivity contribution is 0.289. The molecule has 1 heterocycles. The van der Waals surface area contributed by atoms with Crippen molar-refractivity contribution in [1.29, 1.82) is 0 Å². The molecule has 2 aliphatic rings. The smallest absolute Gasteiger partial charge is 0.00223 e. The summed E-state index contributed by atoms with van der Waals surface area (Å²) in [5.41, 5.74) is 6.79. The molecule has 1 atom stereocenters. The summed E-state index contributed by atoms with van der Waals surface area (Å²) < 4.78 is 0. The van der Waals surface area contributed by atoms with Gasteiger partial charge in [-0.15, -0.1) is 0 Å². The van der Waals surface area contributed by atoms with Gasteiger partial charge in [0.2, 0.25) is 0 Å². The van der Waals surface area contributed by atoms with Crippen LogP contribution in [-0.2, 0) is 0 Å². The van der Waals surface area contributed by atoms with Gasteiger partial charge in [-0.1, -0.05) is 27.7 Å². The van der Waals surface area contributed by atoms with Crippen molar-refractivity contribution in [3.63, 3.8) is 0 Å². The highest BCUT2D eigenvalue weighted by molar-refractivity contribution is 5.13. The van der Waals surface area contributed by atoms with Gasteiger partial charge in [0, 0.05) is 13.1 Å². The third-order valence-electron chi connectivity index (χ3n) is 5.46. The Balaban J connectivity index is 1.85. The van der Waals surface area contributed by atoms with Crippen LogP contribution in [0.2, 0.25) is 0 Å². The van der Waals surface area contributed by atoms with Crippen LogP contribution in [0.4, 0.5) is 0 Å². The van der Waals surface area contributed by atoms with Crippen molar-refractivity contribution in [2.75, 3.05) is 26.2 Å². The average molecular weight is 210 g/mol. The summed E-state index contributed by atoms with van der Waals surface area (Å²) in [6, 6.07) is 0. The summed E-state index contributed by atoms with van der Waals surface area (Å²) in [7, 11) is 0. The van der Waals surface area contributed by atoms with E-state index in [1.165, 1.54) is 26.1 Å². The molecule has 0 spiro atoms. The van der Waals surface area contributed by atoms with E-state index in [1.54, 1.807) is 0 Å². The zero-order chi connectivity index (χ0) is 11.3. The first-order valence-corrected chi connectivity index (χ1v) is 6.32. The van der Waals surface area contributed by atoms with Gasteiger partial charge in [-0.3, -0.25) is 0 Å². The van der Waals surface area contributed by atoms with Crippen LogP contribution in [0.1, 0.15) is 34.1 Å². The molecule has 15 heavy (non-hydrogen) atoms. The fraction of sp³-hybridized carbons (Fsp3) is 1.00. The number of nitrogens with zero attached hydrogens (tertiary/aromatic N) is 1. The molecule has 2 nitrogen and oxygen atoms in total. The summed E-state index contributed by atoms with van der Waals surface area (Å²) >= 11 is 0. The van der Waals surface area contributed by atoms with Crippen LogP contribution in [0.15, 0.2) is 0 Å². The molecule has 88 valence electrons. The second kappa shape index (κ2) is 3.46. The molecule has 0 aromatic rings. The van der Waals surface area contributed by atoms with Gasteiger partial charge >= 0.3 is 0 Å². The van der Waals surface area contributed by atoms with E-state index in [-0.39, 0.29) is 0 Å². The van der Waals surface area contributed by atoms with Gasteiger partial charge in [-0.25, -0.2) is 0 Å². The average Bonchev–Trinajstić information content (AvgIpc) is 2.60. The third-order valence-corrected chi connectivity index (χ3v) is 5.46. The van der Waals surface area contributed by atoms with Gasteiger partial charge in [-0.05, 0) is 42.2 Å². The molecule has 0 amide bonds. The molecule has 2 heteroatoms. The van der Waals surface area contributed by atoms with E-state index in [2.05, 4.69) is 32.6 Å². The highest BCUT2D eigenvalue weighted by atomic mass is 15.2. The van der Waals surface area contributed by atoms with Crippen LogP contribution in [0.5, 0.6) is 0 Å². The predicted octanol–water partition coefficient (Wildman–Crippen LogP) is 1.95. The van der Waals surface area contributed by atoms with Crippen LogP contribution >= 0.6 is 0 Å². The molecule has 2 rings (SSSR count). The van der Waals surface area contributed by atoms with E-state index in [0.717, 1.165) is 18.4 Å². The van der Waals surface area contributed by atoms with E-state index in [4.69, 9.17) is 5.73 Å². The first kappa shape index (κ1) is 11.4. The number of hydrogen-bond acceptors (Lipinski definition) is 2. The molecule has 0 aromatic carbocycles. The van der Waals surface area contributed by atoms with Gasteiger partial charge in [0.05, 0.1) is 0 Å². The summed E-state index contributed by atoms with van der Waals surface area (Å²) in [6.07, 6.45) is 1.31. The van der Waals surface area contributed by atoms with Crippen molar-refractivity contribution in [3.8, 4) is 0 Å². The lowest BCUT2D eigenvalue weighted by Gasteiger charge is -2.16. The fourth-order valence-electron chi connectivity index (χ4n) is 3.32. The molecule has 0 radical (unpaired) electrons. The number of likely N-dealkylation sites (tertiary alicyclic amines) is 1. The maximum Gasteiger partial charge on any atom is 0.00223 e. The van der Waals surface area contributed by atoms with Crippen molar-refractivity contribution < 1.29 is 0 Å². The van der Waals surface area contributed by atoms with Crippen molar-refractivity contribution in [1.82, 2.24) is 4.90 Å². The van der Waals surface area contributed by atoms with Crippen LogP contribution in [0, 0.1) is 22.7 Å². The number of hydrogen-bond donors (Lipinski definition) is 1. The first-order chi connectivity index (χ1) is 6.89. The van der Waals surface area contributed by atoms with Gasteiger partial charge in [0.15, 0.2) is 0 Å². The first-order valence-electron chi connectivity index (χ1n) is 6.32. The molecule has 0 bridgehead atoms. The quantitative estimate of drug-likeness (QED) is 0.771. The maximum atomic E-state index is 5.72.